The van der Waals surface area contributed by atoms with Crippen molar-refractivity contribution in [3.8, 4) is 5.75 Å². The van der Waals surface area contributed by atoms with E-state index in [-0.39, 0.29) is 17.9 Å². The van der Waals surface area contributed by atoms with Crippen molar-refractivity contribution in [2.24, 2.45) is 0 Å². The predicted molar refractivity (Wildman–Crippen MR) is 86.2 cm³/mol. The van der Waals surface area contributed by atoms with E-state index in [1.807, 2.05) is 0 Å². The molecule has 2 aromatic carbocycles. The Kier molecular flexibility index (Phi) is 6.27. The van der Waals surface area contributed by atoms with E-state index in [4.69, 9.17) is 16.3 Å². The van der Waals surface area contributed by atoms with Crippen LogP contribution < -0.4 is 10.1 Å². The number of nitrogens with one attached hydrogen (secondary N) is 1. The van der Waals surface area contributed by atoms with Crippen LogP contribution in [-0.4, -0.2) is 19.4 Å². The molecule has 2 aromatic rings. The summed E-state index contributed by atoms with van der Waals surface area (Å²) in [6.07, 6.45) is -4.80. The fraction of sp³-hybridized carbons (Fsp3) is 0.235. The van der Waals surface area contributed by atoms with E-state index in [1.165, 1.54) is 25.3 Å². The molecule has 1 N–H and O–H groups in total. The van der Waals surface area contributed by atoms with Gasteiger partial charge in [-0.2, -0.15) is 0 Å². The third-order valence-corrected chi connectivity index (χ3v) is 3.69. The van der Waals surface area contributed by atoms with E-state index >= 15 is 0 Å². The number of carbonyl (C=O) groups is 1. The Labute approximate surface area is 147 Å². The normalized spacial score (nSPS) is 12.5. The molecule has 0 radical (unpaired) electrons. The molecule has 1 unspecified atom stereocenters. The van der Waals surface area contributed by atoms with Crippen molar-refractivity contribution in [2.75, 3.05) is 7.11 Å². The topological polar surface area (TPSA) is 47.6 Å². The number of halogens is 4. The van der Waals surface area contributed by atoms with Gasteiger partial charge in [0.25, 0.3) is 0 Å². The van der Waals surface area contributed by atoms with Crippen LogP contribution in [0.4, 0.5) is 13.2 Å². The molecule has 0 fully saturated rings. The van der Waals surface area contributed by atoms with E-state index in [0.29, 0.717) is 10.6 Å². The van der Waals surface area contributed by atoms with Crippen LogP contribution in [0.5, 0.6) is 5.75 Å². The lowest BCUT2D eigenvalue weighted by Crippen LogP contribution is -2.30. The van der Waals surface area contributed by atoms with Gasteiger partial charge in [0.05, 0.1) is 7.11 Å². The van der Waals surface area contributed by atoms with Gasteiger partial charge < -0.3 is 9.47 Å². The number of ether oxygens (including phenoxy) is 2. The molecule has 25 heavy (non-hydrogen) atoms. The van der Waals surface area contributed by atoms with Crippen molar-refractivity contribution in [1.29, 1.82) is 0 Å². The summed E-state index contributed by atoms with van der Waals surface area (Å²) < 4.78 is 46.2. The van der Waals surface area contributed by atoms with Gasteiger partial charge >= 0.3 is 12.3 Å². The maximum atomic E-state index is 12.5. The van der Waals surface area contributed by atoms with Gasteiger partial charge in [-0.15, -0.1) is 13.2 Å². The Morgan fingerprint density at radius 3 is 2.44 bits per heavy atom. The minimum atomic E-state index is -4.80. The molecule has 0 aliphatic heterocycles. The van der Waals surface area contributed by atoms with Gasteiger partial charge in [-0.3, -0.25) is 5.32 Å². The SMILES string of the molecule is COC(=O)C(NCc1ccccc1OC(F)(F)F)c1ccccc1Cl. The number of esters is 1. The van der Waals surface area contributed by atoms with E-state index in [9.17, 15) is 18.0 Å². The number of hydrogen-bond acceptors (Lipinski definition) is 4. The number of carbonyl (C=O) groups excluding carboxylic acids is 1. The molecule has 0 amide bonds. The Bertz CT molecular complexity index is 737. The number of para-hydroxylation sites is 1. The molecule has 0 aromatic heterocycles. The first kappa shape index (κ1) is 19.1. The van der Waals surface area contributed by atoms with E-state index in [0.717, 1.165) is 0 Å². The number of benzene rings is 2. The molecule has 0 heterocycles. The predicted octanol–water partition coefficient (Wildman–Crippen LogP) is 4.24. The highest BCUT2D eigenvalue weighted by Gasteiger charge is 2.32. The zero-order valence-corrected chi connectivity index (χ0v) is 13.9. The summed E-state index contributed by atoms with van der Waals surface area (Å²) in [5.41, 5.74) is 0.700. The monoisotopic (exact) mass is 373 g/mol. The summed E-state index contributed by atoms with van der Waals surface area (Å²) >= 11 is 6.10. The van der Waals surface area contributed by atoms with Gasteiger partial charge in [0, 0.05) is 17.1 Å². The molecular weight excluding hydrogens is 359 g/mol. The third kappa shape index (κ3) is 5.37. The van der Waals surface area contributed by atoms with Crippen LogP contribution in [-0.2, 0) is 16.1 Å². The molecule has 1 atom stereocenters. The first-order chi connectivity index (χ1) is 11.8. The van der Waals surface area contributed by atoms with Crippen molar-refractivity contribution in [2.45, 2.75) is 18.9 Å². The molecule has 0 saturated heterocycles. The molecule has 0 aliphatic carbocycles. The van der Waals surface area contributed by atoms with Crippen molar-refractivity contribution in [1.82, 2.24) is 5.32 Å². The first-order valence-corrected chi connectivity index (χ1v) is 7.59. The van der Waals surface area contributed by atoms with Crippen LogP contribution in [0.1, 0.15) is 17.2 Å². The second-order valence-corrected chi connectivity index (χ2v) is 5.42. The lowest BCUT2D eigenvalue weighted by atomic mass is 10.1. The highest BCUT2D eigenvalue weighted by molar-refractivity contribution is 6.31. The molecule has 0 saturated carbocycles. The minimum Gasteiger partial charge on any atom is -0.468 e. The first-order valence-electron chi connectivity index (χ1n) is 7.21. The van der Waals surface area contributed by atoms with Gasteiger partial charge in [0.2, 0.25) is 0 Å². The Morgan fingerprint density at radius 1 is 1.16 bits per heavy atom. The second-order valence-electron chi connectivity index (χ2n) is 5.01. The van der Waals surface area contributed by atoms with Gasteiger partial charge in [-0.05, 0) is 17.7 Å². The Hall–Kier alpha value is -2.25. The van der Waals surface area contributed by atoms with Gasteiger partial charge in [-0.1, -0.05) is 48.0 Å². The summed E-state index contributed by atoms with van der Waals surface area (Å²) in [7, 11) is 1.22. The third-order valence-electron chi connectivity index (χ3n) is 3.35. The summed E-state index contributed by atoms with van der Waals surface area (Å²) in [6.45, 7) is -0.0583. The van der Waals surface area contributed by atoms with Crippen LogP contribution in [0.15, 0.2) is 48.5 Å². The van der Waals surface area contributed by atoms with Crippen molar-refractivity contribution in [3.63, 3.8) is 0 Å². The molecule has 134 valence electrons. The molecule has 8 heteroatoms. The fourth-order valence-corrected chi connectivity index (χ4v) is 2.48. The smallest absolute Gasteiger partial charge is 0.468 e. The van der Waals surface area contributed by atoms with Crippen LogP contribution in [0.3, 0.4) is 0 Å². The molecule has 0 aliphatic rings. The van der Waals surface area contributed by atoms with Crippen molar-refractivity contribution in [3.05, 3.63) is 64.7 Å². The summed E-state index contributed by atoms with van der Waals surface area (Å²) in [5, 5.41) is 3.20. The molecular formula is C17H15ClF3NO3. The maximum Gasteiger partial charge on any atom is 0.573 e. The summed E-state index contributed by atoms with van der Waals surface area (Å²) in [6, 6.07) is 11.4. The molecule has 4 nitrogen and oxygen atoms in total. The lowest BCUT2D eigenvalue weighted by Gasteiger charge is -2.19. The highest BCUT2D eigenvalue weighted by atomic mass is 35.5. The van der Waals surface area contributed by atoms with Gasteiger partial charge in [0.15, 0.2) is 0 Å². The van der Waals surface area contributed by atoms with E-state index in [2.05, 4.69) is 10.1 Å². The number of methoxy groups -OCH3 is 1. The number of alkyl halides is 3. The van der Waals surface area contributed by atoms with E-state index in [1.54, 1.807) is 30.3 Å². The molecule has 0 spiro atoms. The van der Waals surface area contributed by atoms with Gasteiger partial charge in [0.1, 0.15) is 11.8 Å². The summed E-state index contributed by atoms with van der Waals surface area (Å²) in [4.78, 5) is 12.0. The van der Waals surface area contributed by atoms with Crippen molar-refractivity contribution >= 4 is 17.6 Å². The Balaban J connectivity index is 2.22. The largest absolute Gasteiger partial charge is 0.573 e. The quantitative estimate of drug-likeness (QED) is 0.769. The summed E-state index contributed by atoms with van der Waals surface area (Å²) in [5.74, 6) is -0.951. The zero-order valence-electron chi connectivity index (χ0n) is 13.1. The number of rotatable bonds is 6. The van der Waals surface area contributed by atoms with Crippen LogP contribution in [0, 0.1) is 0 Å². The molecule has 2 rings (SSSR count). The Morgan fingerprint density at radius 2 is 1.80 bits per heavy atom. The maximum absolute atomic E-state index is 12.5. The minimum absolute atomic E-state index is 0.0583. The van der Waals surface area contributed by atoms with Crippen LogP contribution in [0.2, 0.25) is 5.02 Å². The standard InChI is InChI=1S/C17H15ClF3NO3/c1-24-16(23)15(12-7-3-4-8-13(12)18)22-10-11-6-2-5-9-14(11)25-17(19,20)21/h2-9,15,22H,10H2,1H3. The lowest BCUT2D eigenvalue weighted by molar-refractivity contribution is -0.274. The van der Waals surface area contributed by atoms with Crippen LogP contribution in [0.25, 0.3) is 0 Å². The second kappa shape index (κ2) is 8.22. The van der Waals surface area contributed by atoms with Crippen molar-refractivity contribution < 1.29 is 27.4 Å². The van der Waals surface area contributed by atoms with Gasteiger partial charge in [-0.25, -0.2) is 4.79 Å². The average molecular weight is 374 g/mol. The number of hydrogen-bond donors (Lipinski definition) is 1. The van der Waals surface area contributed by atoms with E-state index < -0.39 is 18.4 Å². The highest BCUT2D eigenvalue weighted by Crippen LogP contribution is 2.28. The zero-order chi connectivity index (χ0) is 18.4. The average Bonchev–Trinajstić information content (AvgIpc) is 2.56. The molecule has 0 bridgehead atoms. The van der Waals surface area contributed by atoms with Crippen LogP contribution >= 0.6 is 11.6 Å². The fourth-order valence-electron chi connectivity index (χ4n) is 2.23.